The van der Waals surface area contributed by atoms with Crippen LogP contribution in [0, 0.1) is 0 Å². The van der Waals surface area contributed by atoms with Crippen LogP contribution in [0.15, 0.2) is 0 Å². The molecule has 0 aromatic heterocycles. The fraction of sp³-hybridized carbons (Fsp3) is 0.750. The first-order valence-corrected chi connectivity index (χ1v) is 4.20. The average Bonchev–Trinajstić information content (AvgIpc) is 2.36. The Morgan fingerprint density at radius 1 is 1.47 bits per heavy atom. The van der Waals surface area contributed by atoms with Crippen molar-refractivity contribution in [3.63, 3.8) is 0 Å². The van der Waals surface area contributed by atoms with Gasteiger partial charge in [-0.1, -0.05) is 0 Å². The SMILES string of the molecule is COC(=O)C1(C)CC(F)(F)CN1C(=O)O. The molecule has 0 spiro atoms. The van der Waals surface area contributed by atoms with Crippen molar-refractivity contribution < 1.29 is 28.2 Å². The second-order valence-electron chi connectivity index (χ2n) is 3.67. The van der Waals surface area contributed by atoms with Crippen LogP contribution in [0.25, 0.3) is 0 Å². The zero-order chi connectivity index (χ0) is 11.9. The average molecular weight is 223 g/mol. The molecule has 0 saturated carbocycles. The van der Waals surface area contributed by atoms with E-state index in [0.29, 0.717) is 4.90 Å². The van der Waals surface area contributed by atoms with Gasteiger partial charge in [-0.25, -0.2) is 18.4 Å². The van der Waals surface area contributed by atoms with Crippen molar-refractivity contribution in [1.82, 2.24) is 4.90 Å². The Bertz CT molecular complexity index is 307. The van der Waals surface area contributed by atoms with E-state index in [1.807, 2.05) is 0 Å². The molecule has 1 atom stereocenters. The second kappa shape index (κ2) is 3.32. The Labute approximate surface area is 84.6 Å². The number of nitrogens with zero attached hydrogens (tertiary/aromatic N) is 1. The number of carboxylic acid groups (broad SMARTS) is 1. The molecule has 7 heteroatoms. The molecule has 1 fully saturated rings. The van der Waals surface area contributed by atoms with Gasteiger partial charge in [0.2, 0.25) is 0 Å². The lowest BCUT2D eigenvalue weighted by Gasteiger charge is -2.28. The lowest BCUT2D eigenvalue weighted by atomic mass is 9.98. The van der Waals surface area contributed by atoms with Crippen LogP contribution in [0.3, 0.4) is 0 Å². The molecule has 1 amide bonds. The molecule has 0 aromatic rings. The van der Waals surface area contributed by atoms with Gasteiger partial charge in [-0.15, -0.1) is 0 Å². The van der Waals surface area contributed by atoms with E-state index in [2.05, 4.69) is 4.74 Å². The highest BCUT2D eigenvalue weighted by molar-refractivity contribution is 5.85. The Morgan fingerprint density at radius 3 is 2.40 bits per heavy atom. The summed E-state index contributed by atoms with van der Waals surface area (Å²) in [5.74, 6) is -4.16. The molecule has 1 heterocycles. The molecule has 1 aliphatic rings. The molecule has 1 aliphatic heterocycles. The third-order valence-corrected chi connectivity index (χ3v) is 2.44. The summed E-state index contributed by atoms with van der Waals surface area (Å²) in [6.07, 6.45) is -2.40. The van der Waals surface area contributed by atoms with E-state index in [1.54, 1.807) is 0 Å². The predicted octanol–water partition coefficient (Wildman–Crippen LogP) is 0.937. The Kier molecular flexibility index (Phi) is 2.58. The van der Waals surface area contributed by atoms with Gasteiger partial charge in [-0.05, 0) is 6.92 Å². The first kappa shape index (κ1) is 11.7. The Morgan fingerprint density at radius 2 is 2.00 bits per heavy atom. The van der Waals surface area contributed by atoms with E-state index in [-0.39, 0.29) is 0 Å². The van der Waals surface area contributed by atoms with Crippen LogP contribution in [-0.2, 0) is 9.53 Å². The minimum atomic E-state index is -3.19. The van der Waals surface area contributed by atoms with Gasteiger partial charge in [0, 0.05) is 6.42 Å². The minimum Gasteiger partial charge on any atom is -0.467 e. The van der Waals surface area contributed by atoms with Gasteiger partial charge in [0.05, 0.1) is 13.7 Å². The van der Waals surface area contributed by atoms with E-state index < -0.39 is 36.5 Å². The fourth-order valence-electron chi connectivity index (χ4n) is 1.74. The molecule has 1 N–H and O–H groups in total. The number of ether oxygens (including phenoxy) is 1. The number of carbonyl (C=O) groups excluding carboxylic acids is 1. The van der Waals surface area contributed by atoms with Crippen molar-refractivity contribution in [3.8, 4) is 0 Å². The number of hydrogen-bond acceptors (Lipinski definition) is 3. The standard InChI is InChI=1S/C8H11F2NO4/c1-7(5(12)15-2)3-8(9,10)4-11(7)6(13)14/h3-4H2,1-2H3,(H,13,14). The van der Waals surface area contributed by atoms with Crippen molar-refractivity contribution >= 4 is 12.1 Å². The molecule has 86 valence electrons. The van der Waals surface area contributed by atoms with Crippen LogP contribution in [0.1, 0.15) is 13.3 Å². The smallest absolute Gasteiger partial charge is 0.408 e. The number of hydrogen-bond donors (Lipinski definition) is 1. The quantitative estimate of drug-likeness (QED) is 0.672. The van der Waals surface area contributed by atoms with Crippen molar-refractivity contribution in [3.05, 3.63) is 0 Å². The van der Waals surface area contributed by atoms with Crippen LogP contribution in [-0.4, -0.2) is 47.2 Å². The van der Waals surface area contributed by atoms with Crippen molar-refractivity contribution in [2.75, 3.05) is 13.7 Å². The summed E-state index contributed by atoms with van der Waals surface area (Å²) in [6.45, 7) is 0.155. The molecule has 15 heavy (non-hydrogen) atoms. The van der Waals surface area contributed by atoms with Gasteiger partial charge in [-0.2, -0.15) is 0 Å². The Hall–Kier alpha value is -1.40. The number of amides is 1. The zero-order valence-corrected chi connectivity index (χ0v) is 8.29. The van der Waals surface area contributed by atoms with E-state index in [4.69, 9.17) is 5.11 Å². The number of likely N-dealkylation sites (tertiary alicyclic amines) is 1. The van der Waals surface area contributed by atoms with Crippen molar-refractivity contribution in [1.29, 1.82) is 0 Å². The number of carbonyl (C=O) groups is 2. The maximum absolute atomic E-state index is 13.0. The van der Waals surface area contributed by atoms with E-state index in [9.17, 15) is 18.4 Å². The van der Waals surface area contributed by atoms with E-state index in [1.165, 1.54) is 0 Å². The van der Waals surface area contributed by atoms with Gasteiger partial charge < -0.3 is 9.84 Å². The third kappa shape index (κ3) is 1.86. The van der Waals surface area contributed by atoms with Crippen molar-refractivity contribution in [2.45, 2.75) is 24.8 Å². The molecule has 1 rings (SSSR count). The second-order valence-corrected chi connectivity index (χ2v) is 3.67. The molecule has 0 aliphatic carbocycles. The van der Waals surface area contributed by atoms with Gasteiger partial charge in [0.1, 0.15) is 5.54 Å². The highest BCUT2D eigenvalue weighted by Gasteiger charge is 2.59. The summed E-state index contributed by atoms with van der Waals surface area (Å²) in [4.78, 5) is 22.4. The number of esters is 1. The number of methoxy groups -OCH3 is 1. The Balaban J connectivity index is 3.05. The number of alkyl halides is 2. The summed E-state index contributed by atoms with van der Waals surface area (Å²) in [6, 6.07) is 0. The van der Waals surface area contributed by atoms with Gasteiger partial charge in [-0.3, -0.25) is 4.90 Å². The first-order valence-electron chi connectivity index (χ1n) is 4.20. The molecule has 1 saturated heterocycles. The maximum atomic E-state index is 13.0. The molecule has 5 nitrogen and oxygen atoms in total. The summed E-state index contributed by atoms with van der Waals surface area (Å²) in [5, 5.41) is 8.71. The summed E-state index contributed by atoms with van der Waals surface area (Å²) in [5.41, 5.74) is -1.80. The lowest BCUT2D eigenvalue weighted by Crippen LogP contribution is -2.50. The van der Waals surface area contributed by atoms with Gasteiger partial charge in [0.25, 0.3) is 5.92 Å². The van der Waals surface area contributed by atoms with Crippen LogP contribution in [0.4, 0.5) is 13.6 Å². The zero-order valence-electron chi connectivity index (χ0n) is 8.29. The summed E-state index contributed by atoms with van der Waals surface area (Å²) < 4.78 is 30.4. The topological polar surface area (TPSA) is 66.8 Å². The predicted molar refractivity (Wildman–Crippen MR) is 44.7 cm³/mol. The monoisotopic (exact) mass is 223 g/mol. The third-order valence-electron chi connectivity index (χ3n) is 2.44. The largest absolute Gasteiger partial charge is 0.467 e. The van der Waals surface area contributed by atoms with Crippen LogP contribution in [0.2, 0.25) is 0 Å². The van der Waals surface area contributed by atoms with Crippen molar-refractivity contribution in [2.24, 2.45) is 0 Å². The summed E-state index contributed by atoms with van der Waals surface area (Å²) >= 11 is 0. The fourth-order valence-corrected chi connectivity index (χ4v) is 1.74. The van der Waals surface area contributed by atoms with Crippen LogP contribution >= 0.6 is 0 Å². The van der Waals surface area contributed by atoms with Crippen LogP contribution < -0.4 is 0 Å². The lowest BCUT2D eigenvalue weighted by molar-refractivity contribution is -0.151. The van der Waals surface area contributed by atoms with E-state index >= 15 is 0 Å². The van der Waals surface area contributed by atoms with E-state index in [0.717, 1.165) is 14.0 Å². The molecule has 1 unspecified atom stereocenters. The first-order chi connectivity index (χ1) is 6.73. The normalized spacial score (nSPS) is 28.9. The van der Waals surface area contributed by atoms with Gasteiger partial charge in [0.15, 0.2) is 0 Å². The number of rotatable bonds is 1. The molecule has 0 bridgehead atoms. The summed E-state index contributed by atoms with van der Waals surface area (Å²) in [7, 11) is 1.03. The minimum absolute atomic E-state index is 0.416. The highest BCUT2D eigenvalue weighted by Crippen LogP contribution is 2.40. The molecule has 0 aromatic carbocycles. The van der Waals surface area contributed by atoms with Gasteiger partial charge >= 0.3 is 12.1 Å². The molecule has 0 radical (unpaired) electrons. The molecular weight excluding hydrogens is 212 g/mol. The van der Waals surface area contributed by atoms with Crippen LogP contribution in [0.5, 0.6) is 0 Å². The number of halogens is 2. The molecular formula is C8H11F2NO4. The highest BCUT2D eigenvalue weighted by atomic mass is 19.3. The maximum Gasteiger partial charge on any atom is 0.408 e.